The number of benzene rings is 2. The van der Waals surface area contributed by atoms with Crippen LogP contribution in [0, 0.1) is 10.8 Å². The molecule has 0 aromatic heterocycles. The smallest absolute Gasteiger partial charge is 0.231 e. The van der Waals surface area contributed by atoms with Gasteiger partial charge in [0.15, 0.2) is 23.0 Å². The van der Waals surface area contributed by atoms with E-state index in [4.69, 9.17) is 28.4 Å². The molecule has 2 aromatic carbocycles. The van der Waals surface area contributed by atoms with Crippen LogP contribution in [-0.2, 0) is 9.47 Å². The van der Waals surface area contributed by atoms with Crippen LogP contribution in [0.2, 0.25) is 0 Å². The van der Waals surface area contributed by atoms with Crippen LogP contribution in [0.1, 0.15) is 37.2 Å². The quantitative estimate of drug-likeness (QED) is 0.783. The Morgan fingerprint density at radius 2 is 1.07 bits per heavy atom. The molecule has 28 heavy (non-hydrogen) atoms. The van der Waals surface area contributed by atoms with Crippen LogP contribution in [0.25, 0.3) is 0 Å². The number of ether oxygens (including phenoxy) is 6. The molecule has 4 aliphatic rings. The molecule has 0 aliphatic carbocycles. The molecule has 6 heteroatoms. The highest BCUT2D eigenvalue weighted by Crippen LogP contribution is 2.66. The highest BCUT2D eigenvalue weighted by molar-refractivity contribution is 5.47. The second-order valence-corrected chi connectivity index (χ2v) is 8.44. The Hall–Kier alpha value is -2.44. The van der Waals surface area contributed by atoms with Gasteiger partial charge in [0.1, 0.15) is 0 Å². The molecule has 0 bridgehead atoms. The fourth-order valence-corrected chi connectivity index (χ4v) is 5.04. The van der Waals surface area contributed by atoms with E-state index in [0.717, 1.165) is 34.1 Å². The van der Waals surface area contributed by atoms with Crippen LogP contribution in [-0.4, -0.2) is 26.8 Å². The van der Waals surface area contributed by atoms with E-state index in [9.17, 15) is 0 Å². The van der Waals surface area contributed by atoms with Gasteiger partial charge in [-0.1, -0.05) is 26.0 Å². The highest BCUT2D eigenvalue weighted by atomic mass is 16.7. The van der Waals surface area contributed by atoms with Crippen molar-refractivity contribution in [2.24, 2.45) is 10.8 Å². The summed E-state index contributed by atoms with van der Waals surface area (Å²) in [6, 6.07) is 12.2. The average molecular weight is 382 g/mol. The lowest BCUT2D eigenvalue weighted by Crippen LogP contribution is -2.37. The van der Waals surface area contributed by atoms with Gasteiger partial charge in [0.05, 0.1) is 25.4 Å². The first kappa shape index (κ1) is 16.5. The molecular formula is C22H22O6. The van der Waals surface area contributed by atoms with E-state index in [0.29, 0.717) is 13.2 Å². The third-order valence-electron chi connectivity index (χ3n) is 6.96. The average Bonchev–Trinajstić information content (AvgIpc) is 3.43. The first-order valence-corrected chi connectivity index (χ1v) is 9.61. The predicted octanol–water partition coefficient (Wildman–Crippen LogP) is 4.00. The summed E-state index contributed by atoms with van der Waals surface area (Å²) in [5.41, 5.74) is 1.87. The minimum Gasteiger partial charge on any atom is -0.454 e. The van der Waals surface area contributed by atoms with Gasteiger partial charge in [-0.15, -0.1) is 0 Å². The fourth-order valence-electron chi connectivity index (χ4n) is 5.04. The van der Waals surface area contributed by atoms with Gasteiger partial charge in [-0.3, -0.25) is 0 Å². The summed E-state index contributed by atoms with van der Waals surface area (Å²) in [6.07, 6.45) is -0.128. The van der Waals surface area contributed by atoms with E-state index >= 15 is 0 Å². The van der Waals surface area contributed by atoms with Crippen molar-refractivity contribution in [1.82, 2.24) is 0 Å². The molecule has 6 rings (SSSR count). The Labute approximate surface area is 163 Å². The third-order valence-corrected chi connectivity index (χ3v) is 6.96. The Kier molecular flexibility index (Phi) is 3.27. The minimum absolute atomic E-state index is 0.0639. The summed E-state index contributed by atoms with van der Waals surface area (Å²) in [5.74, 6) is 3.14. The van der Waals surface area contributed by atoms with Crippen LogP contribution < -0.4 is 18.9 Å². The highest BCUT2D eigenvalue weighted by Gasteiger charge is 2.64. The van der Waals surface area contributed by atoms with Gasteiger partial charge < -0.3 is 28.4 Å². The first-order chi connectivity index (χ1) is 13.6. The molecule has 2 saturated heterocycles. The van der Waals surface area contributed by atoms with Crippen molar-refractivity contribution >= 4 is 0 Å². The Morgan fingerprint density at radius 1 is 0.643 bits per heavy atom. The van der Waals surface area contributed by atoms with E-state index in [1.807, 2.05) is 24.3 Å². The molecule has 4 heterocycles. The van der Waals surface area contributed by atoms with Crippen molar-refractivity contribution in [2.45, 2.75) is 26.1 Å². The van der Waals surface area contributed by atoms with Crippen LogP contribution in [0.15, 0.2) is 36.4 Å². The lowest BCUT2D eigenvalue weighted by atomic mass is 9.62. The molecule has 2 aromatic rings. The molecule has 6 nitrogen and oxygen atoms in total. The SMILES string of the molecule is C[C@]12CO[C@@H](c3ccc4c(c3)OCO4)[C@@]1(C)CO[C@H]2c1ccc2c(c1)OCO2. The lowest BCUT2D eigenvalue weighted by Gasteiger charge is -2.37. The second kappa shape index (κ2) is 5.55. The molecule has 4 atom stereocenters. The topological polar surface area (TPSA) is 55.4 Å². The van der Waals surface area contributed by atoms with Gasteiger partial charge in [0.25, 0.3) is 0 Å². The Bertz CT molecular complexity index is 881. The third kappa shape index (κ3) is 2.05. The van der Waals surface area contributed by atoms with Gasteiger partial charge in [-0.05, 0) is 35.4 Å². The summed E-state index contributed by atoms with van der Waals surface area (Å²) in [5, 5.41) is 0. The van der Waals surface area contributed by atoms with Crippen molar-refractivity contribution < 1.29 is 28.4 Å². The predicted molar refractivity (Wildman–Crippen MR) is 98.7 cm³/mol. The summed E-state index contributed by atoms with van der Waals surface area (Å²) in [4.78, 5) is 0. The molecule has 0 amide bonds. The van der Waals surface area contributed by atoms with E-state index in [2.05, 4.69) is 26.0 Å². The fraction of sp³-hybridized carbons (Fsp3) is 0.455. The standard InChI is InChI=1S/C22H22O6/c1-21-9-23-20(14-4-6-16-18(8-14)28-12-26-16)22(21,2)10-24-19(21)13-3-5-15-17(7-13)27-11-25-15/h3-8,19-20H,9-12H2,1-2H3/t19-,20-,21+,22+/m0/s1. The molecular weight excluding hydrogens is 360 g/mol. The normalized spacial score (nSPS) is 34.6. The summed E-state index contributed by atoms with van der Waals surface area (Å²) >= 11 is 0. The Balaban J connectivity index is 1.35. The zero-order valence-corrected chi connectivity index (χ0v) is 15.9. The van der Waals surface area contributed by atoms with E-state index in [1.54, 1.807) is 0 Å². The molecule has 146 valence electrons. The first-order valence-electron chi connectivity index (χ1n) is 9.61. The van der Waals surface area contributed by atoms with Gasteiger partial charge in [0, 0.05) is 10.8 Å². The molecule has 0 spiro atoms. The van der Waals surface area contributed by atoms with Crippen LogP contribution >= 0.6 is 0 Å². The maximum absolute atomic E-state index is 6.38. The maximum Gasteiger partial charge on any atom is 0.231 e. The van der Waals surface area contributed by atoms with Gasteiger partial charge in [-0.25, -0.2) is 0 Å². The van der Waals surface area contributed by atoms with Gasteiger partial charge in [0.2, 0.25) is 13.6 Å². The Morgan fingerprint density at radius 3 is 1.54 bits per heavy atom. The van der Waals surface area contributed by atoms with Crippen LogP contribution in [0.5, 0.6) is 23.0 Å². The van der Waals surface area contributed by atoms with E-state index < -0.39 is 0 Å². The van der Waals surface area contributed by atoms with E-state index in [-0.39, 0.29) is 36.6 Å². The molecule has 4 aliphatic heterocycles. The van der Waals surface area contributed by atoms with Gasteiger partial charge >= 0.3 is 0 Å². The molecule has 0 unspecified atom stereocenters. The van der Waals surface area contributed by atoms with Crippen molar-refractivity contribution in [3.63, 3.8) is 0 Å². The van der Waals surface area contributed by atoms with Gasteiger partial charge in [-0.2, -0.15) is 0 Å². The largest absolute Gasteiger partial charge is 0.454 e. The molecule has 0 radical (unpaired) electrons. The monoisotopic (exact) mass is 382 g/mol. The van der Waals surface area contributed by atoms with Crippen molar-refractivity contribution in [3.8, 4) is 23.0 Å². The molecule has 0 N–H and O–H groups in total. The maximum atomic E-state index is 6.38. The summed E-state index contributed by atoms with van der Waals surface area (Å²) < 4.78 is 34.8. The van der Waals surface area contributed by atoms with Crippen LogP contribution in [0.4, 0.5) is 0 Å². The number of hydrogen-bond acceptors (Lipinski definition) is 6. The second-order valence-electron chi connectivity index (χ2n) is 8.44. The summed E-state index contributed by atoms with van der Waals surface area (Å²) in [6.45, 7) is 6.33. The number of hydrogen-bond donors (Lipinski definition) is 0. The van der Waals surface area contributed by atoms with Crippen molar-refractivity contribution in [1.29, 1.82) is 0 Å². The van der Waals surface area contributed by atoms with Crippen molar-refractivity contribution in [2.75, 3.05) is 26.8 Å². The zero-order valence-electron chi connectivity index (χ0n) is 15.9. The minimum atomic E-state index is -0.165. The lowest BCUT2D eigenvalue weighted by molar-refractivity contribution is -0.00647. The van der Waals surface area contributed by atoms with Crippen LogP contribution in [0.3, 0.4) is 0 Å². The van der Waals surface area contributed by atoms with E-state index in [1.165, 1.54) is 0 Å². The summed E-state index contributed by atoms with van der Waals surface area (Å²) in [7, 11) is 0. The molecule has 0 saturated carbocycles. The zero-order chi connectivity index (χ0) is 18.9. The molecule has 2 fully saturated rings. The number of fused-ring (bicyclic) bond motifs is 3. The number of rotatable bonds is 2. The van der Waals surface area contributed by atoms with Crippen molar-refractivity contribution in [3.05, 3.63) is 47.5 Å².